The molecule has 0 bridgehead atoms. The van der Waals surface area contributed by atoms with Crippen LogP contribution in [0.15, 0.2) is 24.3 Å². The molecule has 1 fully saturated rings. The molecule has 4 nitrogen and oxygen atoms in total. The predicted octanol–water partition coefficient (Wildman–Crippen LogP) is 4.28. The van der Waals surface area contributed by atoms with Crippen LogP contribution in [0.4, 0.5) is 5.69 Å². The lowest BCUT2D eigenvalue weighted by atomic mass is 9.91. The lowest BCUT2D eigenvalue weighted by Crippen LogP contribution is -2.49. The van der Waals surface area contributed by atoms with Crippen molar-refractivity contribution in [1.29, 1.82) is 0 Å². The molecule has 1 aromatic heterocycles. The van der Waals surface area contributed by atoms with E-state index < -0.39 is 0 Å². The molecule has 2 aromatic rings. The van der Waals surface area contributed by atoms with Gasteiger partial charge in [0.25, 0.3) is 0 Å². The van der Waals surface area contributed by atoms with Gasteiger partial charge in [-0.3, -0.25) is 4.79 Å². The van der Waals surface area contributed by atoms with E-state index in [4.69, 9.17) is 11.6 Å². The first-order valence-electron chi connectivity index (χ1n) is 8.82. The van der Waals surface area contributed by atoms with E-state index in [1.54, 1.807) is 0 Å². The van der Waals surface area contributed by atoms with E-state index in [1.165, 1.54) is 5.56 Å². The molecular formula is C20H26ClN3O. The number of anilines is 1. The number of piperazine rings is 1. The van der Waals surface area contributed by atoms with Crippen molar-refractivity contribution in [3.8, 4) is 0 Å². The number of fused-ring (bicyclic) bond motifs is 1. The molecule has 0 N–H and O–H groups in total. The summed E-state index contributed by atoms with van der Waals surface area (Å²) < 4.78 is 0. The van der Waals surface area contributed by atoms with Crippen molar-refractivity contribution in [3.05, 3.63) is 35.0 Å². The fraction of sp³-hybridized carbons (Fsp3) is 0.500. The number of hydrogen-bond donors (Lipinski definition) is 0. The summed E-state index contributed by atoms with van der Waals surface area (Å²) in [5, 5.41) is 1.64. The largest absolute Gasteiger partial charge is 0.365 e. The van der Waals surface area contributed by atoms with E-state index in [2.05, 4.69) is 49.7 Å². The molecule has 0 radical (unpaired) electrons. The van der Waals surface area contributed by atoms with Gasteiger partial charge in [-0.25, -0.2) is 4.98 Å². The summed E-state index contributed by atoms with van der Waals surface area (Å²) in [7, 11) is 0. The minimum absolute atomic E-state index is 0.0254. The van der Waals surface area contributed by atoms with Crippen LogP contribution in [-0.4, -0.2) is 42.0 Å². The van der Waals surface area contributed by atoms with Crippen molar-refractivity contribution in [2.75, 3.05) is 31.1 Å². The van der Waals surface area contributed by atoms with Gasteiger partial charge < -0.3 is 9.80 Å². The number of amides is 1. The van der Waals surface area contributed by atoms with Crippen LogP contribution >= 0.6 is 11.6 Å². The summed E-state index contributed by atoms with van der Waals surface area (Å²) in [4.78, 5) is 21.1. The lowest BCUT2D eigenvalue weighted by Gasteiger charge is -2.37. The Morgan fingerprint density at radius 1 is 1.16 bits per heavy atom. The van der Waals surface area contributed by atoms with Gasteiger partial charge in [-0.15, -0.1) is 0 Å². The maximum Gasteiger partial charge on any atom is 0.223 e. The fourth-order valence-electron chi connectivity index (χ4n) is 3.25. The van der Waals surface area contributed by atoms with Crippen molar-refractivity contribution < 1.29 is 4.79 Å². The second-order valence-corrected chi connectivity index (χ2v) is 8.46. The Morgan fingerprint density at radius 2 is 1.84 bits per heavy atom. The van der Waals surface area contributed by atoms with Gasteiger partial charge in [0, 0.05) is 38.0 Å². The molecule has 3 rings (SSSR count). The predicted molar refractivity (Wildman–Crippen MR) is 104 cm³/mol. The van der Waals surface area contributed by atoms with Gasteiger partial charge in [0.2, 0.25) is 5.91 Å². The zero-order chi connectivity index (χ0) is 18.2. The van der Waals surface area contributed by atoms with Crippen LogP contribution in [0, 0.1) is 12.3 Å². The molecule has 0 atom stereocenters. The first-order valence-corrected chi connectivity index (χ1v) is 9.20. The smallest absolute Gasteiger partial charge is 0.223 e. The number of carbonyl (C=O) groups excluding carboxylic acids is 1. The molecule has 134 valence electrons. The average Bonchev–Trinajstić information content (AvgIpc) is 2.53. The van der Waals surface area contributed by atoms with E-state index in [0.717, 1.165) is 42.8 Å². The standard InChI is InChI=1S/C20H26ClN3O/c1-14-5-6-16-15(11-14)12-17(19(21)22-16)23-7-9-24(10-8-23)18(25)13-20(2,3)4/h5-6,11-12H,7-10,13H2,1-4H3. The lowest BCUT2D eigenvalue weighted by molar-refractivity contribution is -0.133. The number of hydrogen-bond acceptors (Lipinski definition) is 3. The fourth-order valence-corrected chi connectivity index (χ4v) is 3.51. The summed E-state index contributed by atoms with van der Waals surface area (Å²) in [5.41, 5.74) is 3.11. The van der Waals surface area contributed by atoms with Crippen molar-refractivity contribution in [2.24, 2.45) is 5.41 Å². The summed E-state index contributed by atoms with van der Waals surface area (Å²) in [6.07, 6.45) is 0.588. The highest BCUT2D eigenvalue weighted by Gasteiger charge is 2.26. The van der Waals surface area contributed by atoms with Crippen LogP contribution in [0.2, 0.25) is 5.15 Å². The molecule has 0 saturated carbocycles. The molecule has 1 aliphatic rings. The Kier molecular flexibility index (Phi) is 4.92. The Morgan fingerprint density at radius 3 is 2.48 bits per heavy atom. The number of halogens is 1. The molecule has 2 heterocycles. The van der Waals surface area contributed by atoms with E-state index in [0.29, 0.717) is 11.6 Å². The molecular weight excluding hydrogens is 334 g/mol. The van der Waals surface area contributed by atoms with Crippen LogP contribution in [0.3, 0.4) is 0 Å². The monoisotopic (exact) mass is 359 g/mol. The number of carbonyl (C=O) groups is 1. The minimum atomic E-state index is 0.0254. The van der Waals surface area contributed by atoms with E-state index >= 15 is 0 Å². The van der Waals surface area contributed by atoms with E-state index in [9.17, 15) is 4.79 Å². The van der Waals surface area contributed by atoms with Crippen LogP contribution < -0.4 is 4.90 Å². The first kappa shape index (κ1) is 18.0. The van der Waals surface area contributed by atoms with E-state index in [-0.39, 0.29) is 11.3 Å². The highest BCUT2D eigenvalue weighted by molar-refractivity contribution is 6.32. The summed E-state index contributed by atoms with van der Waals surface area (Å²) in [6.45, 7) is 11.4. The third-order valence-corrected chi connectivity index (χ3v) is 4.84. The van der Waals surface area contributed by atoms with Gasteiger partial charge >= 0.3 is 0 Å². The highest BCUT2D eigenvalue weighted by Crippen LogP contribution is 2.30. The summed E-state index contributed by atoms with van der Waals surface area (Å²) >= 11 is 6.43. The third-order valence-electron chi connectivity index (χ3n) is 4.56. The second kappa shape index (κ2) is 6.83. The van der Waals surface area contributed by atoms with E-state index in [1.807, 2.05) is 17.0 Å². The molecule has 1 saturated heterocycles. The Balaban J connectivity index is 1.73. The number of nitrogens with zero attached hydrogens (tertiary/aromatic N) is 3. The minimum Gasteiger partial charge on any atom is -0.365 e. The molecule has 1 aromatic carbocycles. The average molecular weight is 360 g/mol. The Hall–Kier alpha value is -1.81. The Labute approximate surface area is 154 Å². The zero-order valence-electron chi connectivity index (χ0n) is 15.5. The van der Waals surface area contributed by atoms with Gasteiger partial charge in [-0.1, -0.05) is 44.0 Å². The van der Waals surface area contributed by atoms with Crippen LogP contribution in [0.25, 0.3) is 10.9 Å². The summed E-state index contributed by atoms with van der Waals surface area (Å²) in [6, 6.07) is 8.30. The van der Waals surface area contributed by atoms with Crippen LogP contribution in [-0.2, 0) is 4.79 Å². The quantitative estimate of drug-likeness (QED) is 0.751. The van der Waals surface area contributed by atoms with Gasteiger partial charge in [0.05, 0.1) is 11.2 Å². The first-order chi connectivity index (χ1) is 11.7. The number of aromatic nitrogens is 1. The van der Waals surface area contributed by atoms with Crippen molar-refractivity contribution in [2.45, 2.75) is 34.1 Å². The number of aryl methyl sites for hydroxylation is 1. The van der Waals surface area contributed by atoms with Crippen LogP contribution in [0.5, 0.6) is 0 Å². The van der Waals surface area contributed by atoms with Crippen molar-refractivity contribution in [1.82, 2.24) is 9.88 Å². The molecule has 5 heteroatoms. The maximum absolute atomic E-state index is 12.4. The number of rotatable bonds is 2. The molecule has 25 heavy (non-hydrogen) atoms. The maximum atomic E-state index is 12.4. The van der Waals surface area contributed by atoms with Gasteiger partial charge in [-0.2, -0.15) is 0 Å². The molecule has 1 amide bonds. The van der Waals surface area contributed by atoms with Gasteiger partial charge in [-0.05, 0) is 30.5 Å². The molecule has 0 spiro atoms. The SMILES string of the molecule is Cc1ccc2nc(Cl)c(N3CCN(C(=O)CC(C)(C)C)CC3)cc2c1. The number of benzene rings is 1. The topological polar surface area (TPSA) is 36.4 Å². The van der Waals surface area contributed by atoms with Crippen molar-refractivity contribution in [3.63, 3.8) is 0 Å². The van der Waals surface area contributed by atoms with Crippen LogP contribution in [0.1, 0.15) is 32.8 Å². The molecule has 0 unspecified atom stereocenters. The second-order valence-electron chi connectivity index (χ2n) is 8.10. The van der Waals surface area contributed by atoms with Gasteiger partial charge in [0.1, 0.15) is 0 Å². The van der Waals surface area contributed by atoms with Gasteiger partial charge in [0.15, 0.2) is 5.15 Å². The Bertz CT molecular complexity index is 789. The highest BCUT2D eigenvalue weighted by atomic mass is 35.5. The van der Waals surface area contributed by atoms with Crippen molar-refractivity contribution >= 4 is 34.1 Å². The molecule has 1 aliphatic heterocycles. The number of pyridine rings is 1. The zero-order valence-corrected chi connectivity index (χ0v) is 16.2. The summed E-state index contributed by atoms with van der Waals surface area (Å²) in [5.74, 6) is 0.241. The third kappa shape index (κ3) is 4.24. The molecule has 0 aliphatic carbocycles. The normalized spacial score (nSPS) is 15.7.